The highest BCUT2D eigenvalue weighted by Crippen LogP contribution is 2.35. The average Bonchev–Trinajstić information content (AvgIpc) is 2.83. The quantitative estimate of drug-likeness (QED) is 0.258. The summed E-state index contributed by atoms with van der Waals surface area (Å²) >= 11 is 0. The molecule has 0 amide bonds. The molecule has 0 radical (unpaired) electrons. The van der Waals surface area contributed by atoms with Gasteiger partial charge in [0.2, 0.25) is 0 Å². The Hall–Kier alpha value is 0.251. The van der Waals surface area contributed by atoms with E-state index in [4.69, 9.17) is 39.8 Å². The average molecular weight is 504 g/mol. The van der Waals surface area contributed by atoms with Crippen LogP contribution in [-0.2, 0) is 39.8 Å². The Balaban J connectivity index is 7.13. The smallest absolute Gasteiger partial charge is 0.376 e. The van der Waals surface area contributed by atoms with Gasteiger partial charge in [-0.1, -0.05) is 20.8 Å². The van der Waals surface area contributed by atoms with Gasteiger partial charge in [-0.25, -0.2) is 0 Å². The first-order valence-corrected chi connectivity index (χ1v) is 15.9. The molecule has 3 unspecified atom stereocenters. The Morgan fingerprint density at radius 3 is 0.677 bits per heavy atom. The van der Waals surface area contributed by atoms with E-state index in [1.54, 1.807) is 64.0 Å². The summed E-state index contributed by atoms with van der Waals surface area (Å²) in [6, 6.07) is 0. The number of hydrogen-bond donors (Lipinski definition) is 0. The van der Waals surface area contributed by atoms with E-state index in [1.807, 2.05) is 0 Å². The molecule has 0 N–H and O–H groups in total. The van der Waals surface area contributed by atoms with Gasteiger partial charge in [-0.3, -0.25) is 4.90 Å². The Kier molecular flexibility index (Phi) is 14.6. The van der Waals surface area contributed by atoms with Crippen molar-refractivity contribution >= 4 is 26.4 Å². The van der Waals surface area contributed by atoms with E-state index in [-0.39, 0.29) is 17.0 Å². The zero-order chi connectivity index (χ0) is 24.3. The minimum atomic E-state index is -3.17. The largest absolute Gasteiger partial charge is 0.518 e. The summed E-state index contributed by atoms with van der Waals surface area (Å²) < 4.78 is 53.3. The predicted molar refractivity (Wildman–Crippen MR) is 124 cm³/mol. The first-order chi connectivity index (χ1) is 14.8. The lowest BCUT2D eigenvalue weighted by Gasteiger charge is -2.51. The lowest BCUT2D eigenvalue weighted by Crippen LogP contribution is -2.76. The second kappa shape index (κ2) is 14.5. The Morgan fingerprint density at radius 2 is 0.581 bits per heavy atom. The van der Waals surface area contributed by atoms with Gasteiger partial charge in [0, 0.05) is 64.0 Å². The van der Waals surface area contributed by atoms with Crippen LogP contribution in [0.4, 0.5) is 0 Å². The highest BCUT2D eigenvalue weighted by Gasteiger charge is 2.63. The Bertz CT molecular complexity index is 389. The standard InChI is InChI=1S/C18H45NO9Si3/c1-13-16(29(20-4,21-5)22-6)19(17(14-2)30(23-7,24-8)25-9)18(15-3)31(26-10,27-11)28-12/h16-18H,13-15H2,1-12H3. The maximum absolute atomic E-state index is 5.93. The molecule has 0 aromatic heterocycles. The lowest BCUT2D eigenvalue weighted by molar-refractivity contribution is 0.00158. The third-order valence-corrected chi connectivity index (χ3v) is 15.7. The highest BCUT2D eigenvalue weighted by atomic mass is 28.4. The van der Waals surface area contributed by atoms with E-state index in [9.17, 15) is 0 Å². The van der Waals surface area contributed by atoms with Gasteiger partial charge in [-0.05, 0) is 19.3 Å². The van der Waals surface area contributed by atoms with E-state index in [0.29, 0.717) is 19.3 Å². The van der Waals surface area contributed by atoms with Crippen molar-refractivity contribution in [2.24, 2.45) is 0 Å². The van der Waals surface area contributed by atoms with Crippen molar-refractivity contribution in [1.29, 1.82) is 0 Å². The maximum atomic E-state index is 5.93. The fraction of sp³-hybridized carbons (Fsp3) is 1.00. The van der Waals surface area contributed by atoms with Gasteiger partial charge < -0.3 is 39.8 Å². The molecule has 0 aromatic carbocycles. The van der Waals surface area contributed by atoms with Crippen molar-refractivity contribution in [3.8, 4) is 0 Å². The van der Waals surface area contributed by atoms with Crippen LogP contribution in [-0.4, -0.2) is 112 Å². The molecule has 0 fully saturated rings. The van der Waals surface area contributed by atoms with Gasteiger partial charge in [-0.15, -0.1) is 0 Å². The Labute approximate surface area is 192 Å². The zero-order valence-electron chi connectivity index (χ0n) is 21.5. The van der Waals surface area contributed by atoms with Crippen LogP contribution in [0.15, 0.2) is 0 Å². The molecule has 0 aliphatic carbocycles. The van der Waals surface area contributed by atoms with Gasteiger partial charge >= 0.3 is 26.4 Å². The zero-order valence-corrected chi connectivity index (χ0v) is 24.5. The highest BCUT2D eigenvalue weighted by molar-refractivity contribution is 6.66. The van der Waals surface area contributed by atoms with Crippen LogP contribution in [0.5, 0.6) is 0 Å². The normalized spacial score (nSPS) is 16.5. The second-order valence-corrected chi connectivity index (χ2v) is 16.2. The molecular weight excluding hydrogens is 458 g/mol. The lowest BCUT2D eigenvalue weighted by atomic mass is 10.3. The predicted octanol–water partition coefficient (Wildman–Crippen LogP) is 1.88. The molecule has 188 valence electrons. The number of rotatable bonds is 18. The number of hydrogen-bond acceptors (Lipinski definition) is 10. The van der Waals surface area contributed by atoms with E-state index in [2.05, 4.69) is 25.7 Å². The maximum Gasteiger partial charge on any atom is 0.518 e. The van der Waals surface area contributed by atoms with Crippen molar-refractivity contribution in [3.63, 3.8) is 0 Å². The van der Waals surface area contributed by atoms with E-state index >= 15 is 0 Å². The minimum absolute atomic E-state index is 0.262. The molecule has 0 spiro atoms. The van der Waals surface area contributed by atoms with Gasteiger partial charge in [0.15, 0.2) is 0 Å². The molecular formula is C18H45NO9Si3. The second-order valence-electron chi connectivity index (χ2n) is 6.87. The van der Waals surface area contributed by atoms with Crippen LogP contribution in [0.1, 0.15) is 40.0 Å². The molecule has 31 heavy (non-hydrogen) atoms. The molecule has 0 rings (SSSR count). The van der Waals surface area contributed by atoms with Gasteiger partial charge in [0.05, 0.1) is 17.0 Å². The van der Waals surface area contributed by atoms with Crippen LogP contribution in [0, 0.1) is 0 Å². The summed E-state index contributed by atoms with van der Waals surface area (Å²) in [5.41, 5.74) is -0.786. The molecule has 0 heterocycles. The number of nitrogens with zero attached hydrogens (tertiary/aromatic N) is 1. The van der Waals surface area contributed by atoms with Crippen LogP contribution in [0.25, 0.3) is 0 Å². The molecule has 0 saturated carbocycles. The SMILES string of the molecule is CCC(N(C(CC)[Si](OC)(OC)OC)C(CC)[Si](OC)(OC)OC)[Si](OC)(OC)OC. The fourth-order valence-electron chi connectivity index (χ4n) is 4.56. The van der Waals surface area contributed by atoms with Crippen LogP contribution < -0.4 is 0 Å². The van der Waals surface area contributed by atoms with Crippen molar-refractivity contribution in [2.75, 3.05) is 64.0 Å². The van der Waals surface area contributed by atoms with Gasteiger partial charge in [-0.2, -0.15) is 0 Å². The topological polar surface area (TPSA) is 86.3 Å². The summed E-state index contributed by atoms with van der Waals surface area (Å²) in [6.07, 6.45) is 2.04. The van der Waals surface area contributed by atoms with Crippen molar-refractivity contribution in [3.05, 3.63) is 0 Å². The molecule has 0 aliphatic heterocycles. The summed E-state index contributed by atoms with van der Waals surface area (Å²) in [5, 5.41) is 0. The molecule has 0 aliphatic rings. The summed E-state index contributed by atoms with van der Waals surface area (Å²) in [5.74, 6) is 0. The molecule has 0 aromatic rings. The molecule has 3 atom stereocenters. The molecule has 13 heteroatoms. The summed E-state index contributed by atoms with van der Waals surface area (Å²) in [4.78, 5) is 2.26. The third kappa shape index (κ3) is 6.03. The van der Waals surface area contributed by atoms with Crippen molar-refractivity contribution in [1.82, 2.24) is 4.90 Å². The van der Waals surface area contributed by atoms with E-state index in [1.165, 1.54) is 0 Å². The first-order valence-electron chi connectivity index (χ1n) is 10.5. The monoisotopic (exact) mass is 503 g/mol. The van der Waals surface area contributed by atoms with Crippen molar-refractivity contribution in [2.45, 2.75) is 57.0 Å². The van der Waals surface area contributed by atoms with E-state index in [0.717, 1.165) is 0 Å². The molecule has 10 nitrogen and oxygen atoms in total. The third-order valence-electron chi connectivity index (χ3n) is 6.02. The van der Waals surface area contributed by atoms with Gasteiger partial charge in [0.25, 0.3) is 0 Å². The van der Waals surface area contributed by atoms with Crippen LogP contribution in [0.3, 0.4) is 0 Å². The molecule has 0 saturated heterocycles. The van der Waals surface area contributed by atoms with Gasteiger partial charge in [0.1, 0.15) is 0 Å². The van der Waals surface area contributed by atoms with Crippen LogP contribution >= 0.6 is 0 Å². The molecule has 0 bridgehead atoms. The van der Waals surface area contributed by atoms with Crippen molar-refractivity contribution < 1.29 is 39.8 Å². The summed E-state index contributed by atoms with van der Waals surface area (Å²) in [7, 11) is 5.03. The minimum Gasteiger partial charge on any atom is -0.376 e. The first kappa shape index (κ1) is 31.3. The Morgan fingerprint density at radius 1 is 0.419 bits per heavy atom. The summed E-state index contributed by atoms with van der Waals surface area (Å²) in [6.45, 7) is 6.21. The van der Waals surface area contributed by atoms with E-state index < -0.39 is 26.4 Å². The van der Waals surface area contributed by atoms with Crippen LogP contribution in [0.2, 0.25) is 0 Å². The fourth-order valence-corrected chi connectivity index (χ4v) is 12.6.